The van der Waals surface area contributed by atoms with Gasteiger partial charge in [-0.3, -0.25) is 0 Å². The Balaban J connectivity index is 5.46. The normalized spacial score (nSPS) is 21.9. The van der Waals surface area contributed by atoms with Gasteiger partial charge in [0.15, 0.2) is 0 Å². The van der Waals surface area contributed by atoms with Crippen LogP contribution < -0.4 is 4.89 Å². The van der Waals surface area contributed by atoms with Crippen molar-refractivity contribution >= 4 is 28.7 Å². The summed E-state index contributed by atoms with van der Waals surface area (Å²) in [5, 5.41) is 5.54. The molecule has 92 valence electrons. The maximum atomic E-state index is 10.9. The summed E-state index contributed by atoms with van der Waals surface area (Å²) in [4.78, 5) is 37.2. The summed E-state index contributed by atoms with van der Waals surface area (Å²) in [5.41, 5.74) is 4.94. The van der Waals surface area contributed by atoms with Crippen molar-refractivity contribution in [1.82, 2.24) is 0 Å². The molecule has 7 nitrogen and oxygen atoms in total. The molecule has 0 amide bonds. The predicted octanol–water partition coefficient (Wildman–Crippen LogP) is -0.306. The van der Waals surface area contributed by atoms with Crippen molar-refractivity contribution in [3.63, 3.8) is 0 Å². The summed E-state index contributed by atoms with van der Waals surface area (Å²) in [6.07, 6.45) is 0. The third-order valence-corrected chi connectivity index (χ3v) is 9.33. The molecule has 2 unspecified atom stereocenters. The maximum absolute atomic E-state index is 10.9. The van der Waals surface area contributed by atoms with E-state index in [4.69, 9.17) is 14.7 Å². The number of aliphatic hydroxyl groups is 1. The molecular formula is C5H15AsO7P2. The second kappa shape index (κ2) is 4.24. The molecule has 0 aromatic heterocycles. The molecule has 0 aliphatic carbocycles. The number of hydrogen-bond acceptors (Lipinski definition) is 4. The van der Waals surface area contributed by atoms with E-state index in [1.807, 2.05) is 0 Å². The molecular weight excluding hydrogens is 309 g/mol. The molecule has 0 radical (unpaired) electrons. The first kappa shape index (κ1) is 15.8. The van der Waals surface area contributed by atoms with Gasteiger partial charge in [-0.2, -0.15) is 0 Å². The fourth-order valence-electron chi connectivity index (χ4n) is 0.982. The standard InChI is InChI=1S/C5H15AsO7P2/c1-6(2,3)4-5(7,14(8,9)10)15(11,12)13/h7H,4H2,1-3H3,(H3-,8,9,10,11,12,13). The van der Waals surface area contributed by atoms with Crippen LogP contribution in [0.5, 0.6) is 0 Å². The molecule has 0 aliphatic rings. The van der Waals surface area contributed by atoms with E-state index in [1.54, 1.807) is 17.1 Å². The Bertz CT molecular complexity index is 301. The second-order valence-corrected chi connectivity index (χ2v) is 18.5. The first-order chi connectivity index (χ1) is 6.21. The molecule has 0 bridgehead atoms. The van der Waals surface area contributed by atoms with Crippen LogP contribution >= 0.6 is 15.2 Å². The summed E-state index contributed by atoms with van der Waals surface area (Å²) in [5.74, 6) is 0. The first-order valence-electron chi connectivity index (χ1n) is 3.83. The van der Waals surface area contributed by atoms with Crippen LogP contribution in [0, 0.1) is 0 Å². The van der Waals surface area contributed by atoms with Gasteiger partial charge in [-0.1, -0.05) is 0 Å². The van der Waals surface area contributed by atoms with Crippen LogP contribution in [0.2, 0.25) is 22.3 Å². The number of rotatable bonds is 4. The van der Waals surface area contributed by atoms with Gasteiger partial charge < -0.3 is 0 Å². The van der Waals surface area contributed by atoms with E-state index in [9.17, 15) is 19.1 Å². The second-order valence-electron chi connectivity index (χ2n) is 4.29. The molecule has 15 heavy (non-hydrogen) atoms. The van der Waals surface area contributed by atoms with Gasteiger partial charge in [0.2, 0.25) is 0 Å². The fourth-order valence-corrected chi connectivity index (χ4v) is 12.0. The zero-order chi connectivity index (χ0) is 12.7. The monoisotopic (exact) mass is 324 g/mol. The van der Waals surface area contributed by atoms with Crippen LogP contribution in [-0.2, 0) is 9.13 Å². The van der Waals surface area contributed by atoms with Gasteiger partial charge in [-0.15, -0.1) is 0 Å². The van der Waals surface area contributed by atoms with Crippen molar-refractivity contribution in [3.8, 4) is 0 Å². The van der Waals surface area contributed by atoms with Crippen LogP contribution in [0.15, 0.2) is 0 Å². The van der Waals surface area contributed by atoms with Crippen molar-refractivity contribution in [2.24, 2.45) is 0 Å². The molecule has 0 rings (SSSR count). The van der Waals surface area contributed by atoms with Crippen LogP contribution in [-0.4, -0.2) is 38.4 Å². The van der Waals surface area contributed by atoms with Crippen LogP contribution in [0.25, 0.3) is 0 Å². The molecule has 0 aromatic rings. The molecule has 0 spiro atoms. The molecule has 0 saturated carbocycles. The zero-order valence-corrected chi connectivity index (χ0v) is 12.2. The van der Waals surface area contributed by atoms with E-state index in [0.717, 1.165) is 0 Å². The third-order valence-electron chi connectivity index (χ3n) is 1.61. The quantitative estimate of drug-likeness (QED) is 0.411. The molecule has 0 heterocycles. The Hall–Kier alpha value is 0.818. The Morgan fingerprint density at radius 2 is 1.53 bits per heavy atom. The summed E-state index contributed by atoms with van der Waals surface area (Å²) < 4.78 is 21.8. The summed E-state index contributed by atoms with van der Waals surface area (Å²) in [7, 11) is -10.9. The molecule has 4 N–H and O–H groups in total. The van der Waals surface area contributed by atoms with E-state index >= 15 is 0 Å². The van der Waals surface area contributed by atoms with Gasteiger partial charge in [0, 0.05) is 0 Å². The summed E-state index contributed by atoms with van der Waals surface area (Å²) >= 11 is -2.62. The van der Waals surface area contributed by atoms with E-state index in [0.29, 0.717) is 0 Å². The Morgan fingerprint density at radius 3 is 1.60 bits per heavy atom. The number of hydrogen-bond donors (Lipinski definition) is 4. The van der Waals surface area contributed by atoms with Gasteiger partial charge in [0.1, 0.15) is 0 Å². The van der Waals surface area contributed by atoms with Gasteiger partial charge >= 0.3 is 90.0 Å². The molecule has 0 fully saturated rings. The molecule has 0 saturated heterocycles. The van der Waals surface area contributed by atoms with Gasteiger partial charge in [-0.05, 0) is 0 Å². The average molecular weight is 324 g/mol. The van der Waals surface area contributed by atoms with Crippen molar-refractivity contribution < 1.29 is 33.8 Å². The SMILES string of the molecule is C[As+](C)(C)CC(O)(P(=O)([O-])O)P(=O)(O)O. The Morgan fingerprint density at radius 1 is 1.20 bits per heavy atom. The molecule has 0 aliphatic heterocycles. The van der Waals surface area contributed by atoms with Crippen molar-refractivity contribution in [1.29, 1.82) is 0 Å². The van der Waals surface area contributed by atoms with E-state index in [-0.39, 0.29) is 0 Å². The van der Waals surface area contributed by atoms with Crippen molar-refractivity contribution in [2.45, 2.75) is 27.4 Å². The van der Waals surface area contributed by atoms with Gasteiger partial charge in [0.05, 0.1) is 0 Å². The topological polar surface area (TPSA) is 138 Å². The van der Waals surface area contributed by atoms with Crippen molar-refractivity contribution in [2.75, 3.05) is 0 Å². The average Bonchev–Trinajstić information content (AvgIpc) is 1.77. The minimum absolute atomic E-state index is 0.590. The van der Waals surface area contributed by atoms with Crippen LogP contribution in [0.1, 0.15) is 0 Å². The molecule has 2 atom stereocenters. The minimum atomic E-state index is -5.52. The van der Waals surface area contributed by atoms with Gasteiger partial charge in [-0.25, -0.2) is 0 Å². The fraction of sp³-hybridized carbons (Fsp3) is 1.00. The van der Waals surface area contributed by atoms with Crippen LogP contribution in [0.4, 0.5) is 0 Å². The molecule has 10 heteroatoms. The molecule has 0 aromatic carbocycles. The van der Waals surface area contributed by atoms with E-state index < -0.39 is 39.0 Å². The van der Waals surface area contributed by atoms with E-state index in [1.165, 1.54) is 0 Å². The van der Waals surface area contributed by atoms with Gasteiger partial charge in [0.25, 0.3) is 0 Å². The summed E-state index contributed by atoms with van der Waals surface area (Å²) in [6.45, 7) is 0. The zero-order valence-electron chi connectivity index (χ0n) is 8.56. The Labute approximate surface area is 90.3 Å². The van der Waals surface area contributed by atoms with Crippen LogP contribution in [0.3, 0.4) is 0 Å². The van der Waals surface area contributed by atoms with Crippen molar-refractivity contribution in [3.05, 3.63) is 0 Å². The Kier molecular flexibility index (Phi) is 4.48. The first-order valence-corrected chi connectivity index (χ1v) is 14.0. The summed E-state index contributed by atoms with van der Waals surface area (Å²) in [6, 6.07) is 0. The third kappa shape index (κ3) is 3.95. The predicted molar refractivity (Wildman–Crippen MR) is 55.0 cm³/mol. The van der Waals surface area contributed by atoms with E-state index in [2.05, 4.69) is 0 Å².